The molecule has 0 aromatic rings. The molecule has 0 aromatic heterocycles. The van der Waals surface area contributed by atoms with Crippen molar-refractivity contribution in [3.8, 4) is 0 Å². The Morgan fingerprint density at radius 3 is 2.33 bits per heavy atom. The van der Waals surface area contributed by atoms with E-state index in [0.29, 0.717) is 13.0 Å². The van der Waals surface area contributed by atoms with E-state index in [1.165, 1.54) is 14.0 Å². The summed E-state index contributed by atoms with van der Waals surface area (Å²) in [5.41, 5.74) is -0.857. The molecule has 0 fully saturated rings. The lowest BCUT2D eigenvalue weighted by atomic mass is 9.85. The summed E-state index contributed by atoms with van der Waals surface area (Å²) < 4.78 is 15.9. The highest BCUT2D eigenvalue weighted by molar-refractivity contribution is 14.1. The molecule has 0 N–H and O–H groups in total. The lowest BCUT2D eigenvalue weighted by molar-refractivity contribution is -0.170. The molecule has 6 heteroatoms. The lowest BCUT2D eigenvalue weighted by Crippen LogP contribution is -2.41. The number of halogens is 1. The number of ether oxygens (including phenoxy) is 3. The first kappa shape index (κ1) is 17.6. The topological polar surface area (TPSA) is 61.8 Å². The predicted molar refractivity (Wildman–Crippen MR) is 75.7 cm³/mol. The largest absolute Gasteiger partial charge is 0.463 e. The van der Waals surface area contributed by atoms with E-state index in [4.69, 9.17) is 14.2 Å². The third-order valence-corrected chi connectivity index (χ3v) is 3.15. The monoisotopic (exact) mass is 372 g/mol. The standard InChI is InChI=1S/C12H21IO5/c1-9(14)18-10(5-6-13)12(2,3)11(15)17-8-7-16-4/h10H,5-8H2,1-4H3. The minimum Gasteiger partial charge on any atom is -0.463 e. The average Bonchev–Trinajstić information content (AvgIpc) is 2.28. The Bertz CT molecular complexity index is 278. The fraction of sp³-hybridized carbons (Fsp3) is 0.833. The van der Waals surface area contributed by atoms with Crippen molar-refractivity contribution in [3.05, 3.63) is 0 Å². The first-order valence-electron chi connectivity index (χ1n) is 5.75. The Hall–Kier alpha value is -0.370. The first-order valence-corrected chi connectivity index (χ1v) is 7.28. The van der Waals surface area contributed by atoms with E-state index in [1.54, 1.807) is 13.8 Å². The molecule has 0 heterocycles. The molecule has 5 nitrogen and oxygen atoms in total. The third-order valence-electron chi connectivity index (χ3n) is 2.53. The van der Waals surface area contributed by atoms with Crippen LogP contribution in [-0.4, -0.2) is 42.8 Å². The van der Waals surface area contributed by atoms with Crippen LogP contribution in [0.25, 0.3) is 0 Å². The maximum Gasteiger partial charge on any atom is 0.315 e. The second kappa shape index (κ2) is 8.68. The number of esters is 2. The predicted octanol–water partition coefficient (Wildman–Crippen LogP) is 1.96. The van der Waals surface area contributed by atoms with E-state index in [1.807, 2.05) is 0 Å². The zero-order valence-corrected chi connectivity index (χ0v) is 13.5. The van der Waals surface area contributed by atoms with E-state index in [2.05, 4.69) is 22.6 Å². The van der Waals surface area contributed by atoms with Gasteiger partial charge in [-0.05, 0) is 20.3 Å². The van der Waals surface area contributed by atoms with Gasteiger partial charge in [-0.25, -0.2) is 0 Å². The van der Waals surface area contributed by atoms with Crippen LogP contribution >= 0.6 is 22.6 Å². The molecule has 1 atom stereocenters. The van der Waals surface area contributed by atoms with Crippen LogP contribution in [-0.2, 0) is 23.8 Å². The van der Waals surface area contributed by atoms with Crippen molar-refractivity contribution in [3.63, 3.8) is 0 Å². The quantitative estimate of drug-likeness (QED) is 0.282. The van der Waals surface area contributed by atoms with Crippen LogP contribution in [0, 0.1) is 5.41 Å². The van der Waals surface area contributed by atoms with Crippen LogP contribution in [0.15, 0.2) is 0 Å². The zero-order chi connectivity index (χ0) is 14.2. The minimum atomic E-state index is -0.857. The van der Waals surface area contributed by atoms with Crippen molar-refractivity contribution in [1.29, 1.82) is 0 Å². The third kappa shape index (κ3) is 5.99. The molecule has 0 radical (unpaired) electrons. The van der Waals surface area contributed by atoms with Gasteiger partial charge in [0.25, 0.3) is 0 Å². The van der Waals surface area contributed by atoms with Crippen LogP contribution in [0.4, 0.5) is 0 Å². The summed E-state index contributed by atoms with van der Waals surface area (Å²) in [6.45, 7) is 5.35. The minimum absolute atomic E-state index is 0.204. The van der Waals surface area contributed by atoms with Gasteiger partial charge >= 0.3 is 11.9 Å². The zero-order valence-electron chi connectivity index (χ0n) is 11.3. The summed E-state index contributed by atoms with van der Waals surface area (Å²) >= 11 is 2.18. The highest BCUT2D eigenvalue weighted by atomic mass is 127. The van der Waals surface area contributed by atoms with Gasteiger partial charge in [-0.15, -0.1) is 0 Å². The molecule has 0 aliphatic carbocycles. The van der Waals surface area contributed by atoms with E-state index < -0.39 is 11.5 Å². The number of alkyl halides is 1. The second-order valence-corrected chi connectivity index (χ2v) is 5.50. The average molecular weight is 372 g/mol. The molecule has 0 rings (SSSR count). The summed E-state index contributed by atoms with van der Waals surface area (Å²) in [4.78, 5) is 23.0. The van der Waals surface area contributed by atoms with Gasteiger partial charge in [0.2, 0.25) is 0 Å². The Balaban J connectivity index is 4.59. The maximum atomic E-state index is 12.0. The van der Waals surface area contributed by atoms with Gasteiger partial charge in [0, 0.05) is 18.5 Å². The number of hydrogen-bond donors (Lipinski definition) is 0. The summed E-state index contributed by atoms with van der Waals surface area (Å²) in [6.07, 6.45) is 0.147. The Morgan fingerprint density at radius 1 is 1.28 bits per heavy atom. The van der Waals surface area contributed by atoms with Crippen molar-refractivity contribution in [1.82, 2.24) is 0 Å². The van der Waals surface area contributed by atoms with Gasteiger partial charge in [-0.1, -0.05) is 22.6 Å². The van der Waals surface area contributed by atoms with Crippen LogP contribution in [0.1, 0.15) is 27.2 Å². The molecule has 1 unspecified atom stereocenters. The normalized spacial score (nSPS) is 12.9. The van der Waals surface area contributed by atoms with Crippen LogP contribution < -0.4 is 0 Å². The number of rotatable bonds is 8. The molecule has 0 spiro atoms. The van der Waals surface area contributed by atoms with Crippen LogP contribution in [0.2, 0.25) is 0 Å². The first-order chi connectivity index (χ1) is 8.36. The van der Waals surface area contributed by atoms with Crippen LogP contribution in [0.5, 0.6) is 0 Å². The molecule has 106 valence electrons. The molecule has 0 aliphatic heterocycles. The highest BCUT2D eigenvalue weighted by Crippen LogP contribution is 2.28. The molecule has 0 saturated carbocycles. The second-order valence-electron chi connectivity index (χ2n) is 4.43. The van der Waals surface area contributed by atoms with Gasteiger partial charge in [0.1, 0.15) is 12.7 Å². The number of carbonyl (C=O) groups is 2. The molecular formula is C12H21IO5. The molecule has 0 amide bonds. The SMILES string of the molecule is COCCOC(=O)C(C)(C)C(CCI)OC(C)=O. The van der Waals surface area contributed by atoms with E-state index in [0.717, 1.165) is 4.43 Å². The van der Waals surface area contributed by atoms with E-state index in [9.17, 15) is 9.59 Å². The summed E-state index contributed by atoms with van der Waals surface area (Å²) in [7, 11) is 1.54. The fourth-order valence-corrected chi connectivity index (χ4v) is 1.97. The van der Waals surface area contributed by atoms with Crippen LogP contribution in [0.3, 0.4) is 0 Å². The molecule has 0 saturated heterocycles. The van der Waals surface area contributed by atoms with Crippen molar-refractivity contribution in [2.45, 2.75) is 33.3 Å². The number of carbonyl (C=O) groups excluding carboxylic acids is 2. The number of hydrogen-bond acceptors (Lipinski definition) is 5. The molecule has 18 heavy (non-hydrogen) atoms. The van der Waals surface area contributed by atoms with Gasteiger partial charge in [-0.3, -0.25) is 9.59 Å². The highest BCUT2D eigenvalue weighted by Gasteiger charge is 2.40. The summed E-state index contributed by atoms with van der Waals surface area (Å²) in [5, 5.41) is 0. The van der Waals surface area contributed by atoms with E-state index >= 15 is 0 Å². The van der Waals surface area contributed by atoms with Crippen molar-refractivity contribution in [2.75, 3.05) is 24.8 Å². The molecule has 0 aliphatic rings. The Morgan fingerprint density at radius 2 is 1.89 bits per heavy atom. The van der Waals surface area contributed by atoms with Crippen molar-refractivity contribution >= 4 is 34.5 Å². The van der Waals surface area contributed by atoms with Crippen molar-refractivity contribution in [2.24, 2.45) is 5.41 Å². The molecule has 0 aromatic carbocycles. The number of methoxy groups -OCH3 is 1. The van der Waals surface area contributed by atoms with Gasteiger partial charge in [0.15, 0.2) is 0 Å². The van der Waals surface area contributed by atoms with E-state index in [-0.39, 0.29) is 18.5 Å². The summed E-state index contributed by atoms with van der Waals surface area (Å²) in [6, 6.07) is 0. The maximum absolute atomic E-state index is 12.0. The smallest absolute Gasteiger partial charge is 0.315 e. The molecular weight excluding hydrogens is 351 g/mol. The Kier molecular flexibility index (Phi) is 8.51. The molecule has 0 bridgehead atoms. The van der Waals surface area contributed by atoms with Gasteiger partial charge in [0.05, 0.1) is 12.0 Å². The van der Waals surface area contributed by atoms with Gasteiger partial charge in [-0.2, -0.15) is 0 Å². The van der Waals surface area contributed by atoms with Gasteiger partial charge < -0.3 is 14.2 Å². The van der Waals surface area contributed by atoms with Crippen molar-refractivity contribution < 1.29 is 23.8 Å². The lowest BCUT2D eigenvalue weighted by Gasteiger charge is -2.31. The summed E-state index contributed by atoms with van der Waals surface area (Å²) in [5.74, 6) is -0.765. The fourth-order valence-electron chi connectivity index (χ4n) is 1.40. The Labute approximate surface area is 122 Å².